The lowest BCUT2D eigenvalue weighted by Gasteiger charge is -2.20. The number of para-hydroxylation sites is 1. The lowest BCUT2D eigenvalue weighted by atomic mass is 10.0. The molecule has 1 aromatic carbocycles. The van der Waals surface area contributed by atoms with Gasteiger partial charge in [0, 0.05) is 18.2 Å². The molecule has 1 N–H and O–H groups in total. The summed E-state index contributed by atoms with van der Waals surface area (Å²) in [5.41, 5.74) is 1.25. The number of benzene rings is 1. The van der Waals surface area contributed by atoms with Crippen LogP contribution in [0.4, 0.5) is 0 Å². The van der Waals surface area contributed by atoms with Crippen LogP contribution in [-0.4, -0.2) is 26.4 Å². The van der Waals surface area contributed by atoms with E-state index in [0.717, 1.165) is 31.7 Å². The van der Waals surface area contributed by atoms with E-state index in [1.165, 1.54) is 18.4 Å². The van der Waals surface area contributed by atoms with Crippen LogP contribution < -0.4 is 10.1 Å². The zero-order valence-corrected chi connectivity index (χ0v) is 12.0. The molecule has 1 aliphatic rings. The van der Waals surface area contributed by atoms with Gasteiger partial charge in [-0.25, -0.2) is 0 Å². The smallest absolute Gasteiger partial charge is 0.123 e. The first-order chi connectivity index (χ1) is 9.35. The second kappa shape index (κ2) is 7.51. The summed E-state index contributed by atoms with van der Waals surface area (Å²) in [6.07, 6.45) is 5.06. The predicted octanol–water partition coefficient (Wildman–Crippen LogP) is 3.31. The normalized spacial score (nSPS) is 20.4. The summed E-state index contributed by atoms with van der Waals surface area (Å²) in [4.78, 5) is 0. The van der Waals surface area contributed by atoms with Gasteiger partial charge in [-0.2, -0.15) is 0 Å². The summed E-state index contributed by atoms with van der Waals surface area (Å²) in [5, 5.41) is 3.63. The van der Waals surface area contributed by atoms with E-state index in [0.29, 0.717) is 12.1 Å². The third-order valence-electron chi connectivity index (χ3n) is 3.80. The van der Waals surface area contributed by atoms with Gasteiger partial charge in [-0.15, -0.1) is 0 Å². The molecule has 1 aromatic rings. The molecule has 1 aliphatic heterocycles. The summed E-state index contributed by atoms with van der Waals surface area (Å²) in [5.74, 6) is 0.971. The van der Waals surface area contributed by atoms with Crippen LogP contribution in [0.2, 0.25) is 0 Å². The molecule has 2 rings (SSSR count). The Bertz CT molecular complexity index is 375. The zero-order chi connectivity index (χ0) is 13.5. The molecule has 1 fully saturated rings. The standard InChI is InChI=1S/C16H25NO2/c1-3-15(14-8-4-5-9-16(14)18-2)17-11-10-13-7-6-12-19-13/h4-5,8-9,13,15,17H,3,6-7,10-12H2,1-2H3. The molecule has 0 spiro atoms. The zero-order valence-electron chi connectivity index (χ0n) is 12.0. The van der Waals surface area contributed by atoms with E-state index in [4.69, 9.17) is 9.47 Å². The molecule has 0 aliphatic carbocycles. The molecule has 0 saturated carbocycles. The van der Waals surface area contributed by atoms with Crippen LogP contribution in [0.1, 0.15) is 44.2 Å². The molecule has 0 radical (unpaired) electrons. The first-order valence-electron chi connectivity index (χ1n) is 7.33. The van der Waals surface area contributed by atoms with Crippen molar-refractivity contribution in [2.45, 2.75) is 44.8 Å². The van der Waals surface area contributed by atoms with Crippen molar-refractivity contribution in [3.63, 3.8) is 0 Å². The minimum absolute atomic E-state index is 0.359. The molecule has 1 heterocycles. The summed E-state index contributed by atoms with van der Waals surface area (Å²) in [6.45, 7) is 4.14. The molecule has 2 unspecified atom stereocenters. The van der Waals surface area contributed by atoms with E-state index < -0.39 is 0 Å². The van der Waals surface area contributed by atoms with Crippen molar-refractivity contribution < 1.29 is 9.47 Å². The molecule has 19 heavy (non-hydrogen) atoms. The highest BCUT2D eigenvalue weighted by atomic mass is 16.5. The SMILES string of the molecule is CCC(NCCC1CCCO1)c1ccccc1OC. The molecule has 1 saturated heterocycles. The van der Waals surface area contributed by atoms with Crippen molar-refractivity contribution in [3.05, 3.63) is 29.8 Å². The fourth-order valence-corrected chi connectivity index (χ4v) is 2.72. The summed E-state index contributed by atoms with van der Waals surface area (Å²) in [7, 11) is 1.73. The molecule has 3 heteroatoms. The number of nitrogens with one attached hydrogen (secondary N) is 1. The van der Waals surface area contributed by atoms with Gasteiger partial charge in [-0.05, 0) is 38.3 Å². The Balaban J connectivity index is 1.88. The first kappa shape index (κ1) is 14.4. The van der Waals surface area contributed by atoms with E-state index in [1.807, 2.05) is 12.1 Å². The van der Waals surface area contributed by atoms with Crippen molar-refractivity contribution >= 4 is 0 Å². The number of ether oxygens (including phenoxy) is 2. The Morgan fingerprint density at radius 2 is 2.26 bits per heavy atom. The maximum Gasteiger partial charge on any atom is 0.123 e. The van der Waals surface area contributed by atoms with Crippen molar-refractivity contribution in [3.8, 4) is 5.75 Å². The monoisotopic (exact) mass is 263 g/mol. The van der Waals surface area contributed by atoms with E-state index in [-0.39, 0.29) is 0 Å². The second-order valence-corrected chi connectivity index (χ2v) is 5.08. The Morgan fingerprint density at radius 1 is 1.42 bits per heavy atom. The van der Waals surface area contributed by atoms with Crippen LogP contribution in [0.3, 0.4) is 0 Å². The first-order valence-corrected chi connectivity index (χ1v) is 7.33. The van der Waals surface area contributed by atoms with Crippen LogP contribution in [-0.2, 0) is 4.74 Å². The quantitative estimate of drug-likeness (QED) is 0.818. The van der Waals surface area contributed by atoms with Gasteiger partial charge in [-0.3, -0.25) is 0 Å². The van der Waals surface area contributed by atoms with Gasteiger partial charge < -0.3 is 14.8 Å². The maximum absolute atomic E-state index is 5.65. The van der Waals surface area contributed by atoms with E-state index in [1.54, 1.807) is 7.11 Å². The van der Waals surface area contributed by atoms with Gasteiger partial charge in [0.05, 0.1) is 13.2 Å². The van der Waals surface area contributed by atoms with Crippen molar-refractivity contribution in [1.29, 1.82) is 0 Å². The number of hydrogen-bond acceptors (Lipinski definition) is 3. The van der Waals surface area contributed by atoms with Crippen molar-refractivity contribution in [2.75, 3.05) is 20.3 Å². The van der Waals surface area contributed by atoms with E-state index >= 15 is 0 Å². The van der Waals surface area contributed by atoms with Gasteiger partial charge in [-0.1, -0.05) is 25.1 Å². The third kappa shape index (κ3) is 3.95. The summed E-state index contributed by atoms with van der Waals surface area (Å²) >= 11 is 0. The van der Waals surface area contributed by atoms with Gasteiger partial charge in [0.1, 0.15) is 5.75 Å². The van der Waals surface area contributed by atoms with Gasteiger partial charge in [0.2, 0.25) is 0 Å². The molecule has 0 aromatic heterocycles. The largest absolute Gasteiger partial charge is 0.496 e. The topological polar surface area (TPSA) is 30.5 Å². The van der Waals surface area contributed by atoms with Gasteiger partial charge in [0.25, 0.3) is 0 Å². The van der Waals surface area contributed by atoms with Crippen LogP contribution in [0.25, 0.3) is 0 Å². The average Bonchev–Trinajstić information content (AvgIpc) is 2.97. The van der Waals surface area contributed by atoms with E-state index in [2.05, 4.69) is 24.4 Å². The highest BCUT2D eigenvalue weighted by molar-refractivity contribution is 5.35. The van der Waals surface area contributed by atoms with Crippen LogP contribution >= 0.6 is 0 Å². The Kier molecular flexibility index (Phi) is 5.67. The highest BCUT2D eigenvalue weighted by Crippen LogP contribution is 2.27. The van der Waals surface area contributed by atoms with Crippen molar-refractivity contribution in [2.24, 2.45) is 0 Å². The lowest BCUT2D eigenvalue weighted by molar-refractivity contribution is 0.103. The Morgan fingerprint density at radius 3 is 2.95 bits per heavy atom. The van der Waals surface area contributed by atoms with Gasteiger partial charge in [0.15, 0.2) is 0 Å². The summed E-state index contributed by atoms with van der Waals surface area (Å²) < 4.78 is 11.1. The third-order valence-corrected chi connectivity index (χ3v) is 3.80. The fraction of sp³-hybridized carbons (Fsp3) is 0.625. The average molecular weight is 263 g/mol. The van der Waals surface area contributed by atoms with E-state index in [9.17, 15) is 0 Å². The molecule has 106 valence electrons. The molecule has 3 nitrogen and oxygen atoms in total. The maximum atomic E-state index is 5.65. The molecule has 2 atom stereocenters. The number of hydrogen-bond donors (Lipinski definition) is 1. The van der Waals surface area contributed by atoms with Crippen LogP contribution in [0.5, 0.6) is 5.75 Å². The van der Waals surface area contributed by atoms with Gasteiger partial charge >= 0.3 is 0 Å². The Labute approximate surface area is 116 Å². The summed E-state index contributed by atoms with van der Waals surface area (Å²) in [6, 6.07) is 8.62. The fourth-order valence-electron chi connectivity index (χ4n) is 2.72. The minimum atomic E-state index is 0.359. The predicted molar refractivity (Wildman–Crippen MR) is 77.6 cm³/mol. The molecule has 0 amide bonds. The lowest BCUT2D eigenvalue weighted by Crippen LogP contribution is -2.25. The second-order valence-electron chi connectivity index (χ2n) is 5.08. The van der Waals surface area contributed by atoms with Crippen molar-refractivity contribution in [1.82, 2.24) is 5.32 Å². The number of methoxy groups -OCH3 is 1. The number of rotatable bonds is 7. The molecular formula is C16H25NO2. The van der Waals surface area contributed by atoms with Crippen LogP contribution in [0, 0.1) is 0 Å². The Hall–Kier alpha value is -1.06. The molecule has 0 bridgehead atoms. The molecular weight excluding hydrogens is 238 g/mol. The van der Waals surface area contributed by atoms with Crippen LogP contribution in [0.15, 0.2) is 24.3 Å². The minimum Gasteiger partial charge on any atom is -0.496 e. The highest BCUT2D eigenvalue weighted by Gasteiger charge is 2.17.